The van der Waals surface area contributed by atoms with E-state index in [-0.39, 0.29) is 31.5 Å². The van der Waals surface area contributed by atoms with Crippen LogP contribution in [0.2, 0.25) is 0 Å². The molecule has 1 aliphatic rings. The summed E-state index contributed by atoms with van der Waals surface area (Å²) in [7, 11) is 0. The van der Waals surface area contributed by atoms with E-state index in [9.17, 15) is 5.21 Å². The van der Waals surface area contributed by atoms with Crippen LogP contribution < -0.4 is 12.4 Å². The van der Waals surface area contributed by atoms with Gasteiger partial charge in [-0.15, -0.1) is 0 Å². The van der Waals surface area contributed by atoms with E-state index < -0.39 is 0 Å². The fraction of sp³-hybridized carbons (Fsp3) is 0.800. The number of aliphatic hydroxyl groups is 1. The zero-order valence-corrected chi connectivity index (χ0v) is 9.97. The van der Waals surface area contributed by atoms with Crippen LogP contribution in [0.1, 0.15) is 35.5 Å². The first kappa shape index (κ1) is 13.9. The van der Waals surface area contributed by atoms with Crippen LogP contribution in [0.15, 0.2) is 11.6 Å². The Morgan fingerprint density at radius 2 is 1.93 bits per heavy atom. The summed E-state index contributed by atoms with van der Waals surface area (Å²) in [4.78, 5) is 0. The number of nitrogens with zero attached hydrogens (tertiary/aromatic N) is 1. The van der Waals surface area contributed by atoms with Crippen LogP contribution in [0.5, 0.6) is 0 Å². The van der Waals surface area contributed by atoms with Crippen molar-refractivity contribution in [2.45, 2.75) is 45.2 Å². The normalized spacial score (nSPS) is 25.1. The molecule has 0 aromatic rings. The van der Waals surface area contributed by atoms with Crippen LogP contribution in [-0.4, -0.2) is 33.1 Å². The molecule has 2 N–H and O–H groups in total. The molecule has 0 aromatic carbocycles. The van der Waals surface area contributed by atoms with Gasteiger partial charge in [0.25, 0.3) is 0 Å². The number of hydrogen-bond acceptors (Lipinski definition) is 3. The topological polar surface area (TPSA) is 43.7 Å². The van der Waals surface area contributed by atoms with E-state index in [1.807, 2.05) is 33.8 Å². The molecule has 0 atom stereocenters. The molecule has 84 valence electrons. The molecule has 0 aliphatic carbocycles. The standard InChI is InChI=1S/C10H19NO2.ClH/c1-9(2)5-8(7-12)6-10(3,4)11(9)13;/h5,12-13H,6-7H2,1-4H3;1H. The lowest BCUT2D eigenvalue weighted by Gasteiger charge is -2.47. The van der Waals surface area contributed by atoms with E-state index in [0.717, 1.165) is 5.57 Å². The van der Waals surface area contributed by atoms with Gasteiger partial charge in [0.05, 0.1) is 12.1 Å². The Morgan fingerprint density at radius 3 is 2.29 bits per heavy atom. The Bertz CT molecular complexity index is 242. The molecule has 0 radical (unpaired) electrons. The molecule has 14 heavy (non-hydrogen) atoms. The van der Waals surface area contributed by atoms with Crippen LogP contribution in [-0.2, 0) is 0 Å². The molecule has 0 amide bonds. The van der Waals surface area contributed by atoms with Crippen molar-refractivity contribution in [1.29, 1.82) is 0 Å². The second-order valence-electron chi connectivity index (χ2n) is 4.92. The number of rotatable bonds is 1. The van der Waals surface area contributed by atoms with Crippen molar-refractivity contribution in [2.75, 3.05) is 6.61 Å². The van der Waals surface area contributed by atoms with Gasteiger partial charge >= 0.3 is 1.43 Å². The predicted molar refractivity (Wildman–Crippen MR) is 52.7 cm³/mol. The highest BCUT2D eigenvalue weighted by atomic mass is 35.5. The SMILES string of the molecule is CC1(C)C=C(CO)CC(C)(C)N1O.[Cl-].[H+]. The van der Waals surface area contributed by atoms with Crippen LogP contribution in [0.3, 0.4) is 0 Å². The molecule has 1 rings (SSSR count). The maximum atomic E-state index is 9.89. The first-order valence-electron chi connectivity index (χ1n) is 4.60. The first-order valence-corrected chi connectivity index (χ1v) is 4.60. The van der Waals surface area contributed by atoms with Crippen molar-refractivity contribution >= 4 is 0 Å². The van der Waals surface area contributed by atoms with E-state index in [2.05, 4.69) is 0 Å². The quantitative estimate of drug-likeness (QED) is 0.540. The largest absolute Gasteiger partial charge is 1.00 e. The van der Waals surface area contributed by atoms with Crippen LogP contribution in [0.4, 0.5) is 0 Å². The monoisotopic (exact) mass is 221 g/mol. The number of aliphatic hydroxyl groups excluding tert-OH is 1. The zero-order valence-electron chi connectivity index (χ0n) is 10.2. The van der Waals surface area contributed by atoms with Crippen molar-refractivity contribution in [2.24, 2.45) is 0 Å². The highest BCUT2D eigenvalue weighted by Gasteiger charge is 2.40. The molecular weight excluding hydrogens is 202 g/mol. The van der Waals surface area contributed by atoms with Gasteiger partial charge in [-0.3, -0.25) is 0 Å². The Hall–Kier alpha value is -0.0900. The molecule has 0 saturated heterocycles. The van der Waals surface area contributed by atoms with Gasteiger partial charge in [0.1, 0.15) is 0 Å². The van der Waals surface area contributed by atoms with E-state index in [4.69, 9.17) is 5.11 Å². The fourth-order valence-electron chi connectivity index (χ4n) is 2.12. The molecular formula is C10H20ClNO2. The third-order valence-electron chi connectivity index (χ3n) is 2.54. The summed E-state index contributed by atoms with van der Waals surface area (Å²) >= 11 is 0. The summed E-state index contributed by atoms with van der Waals surface area (Å²) in [5.74, 6) is 0. The Kier molecular flexibility index (Phi) is 4.16. The van der Waals surface area contributed by atoms with Crippen molar-refractivity contribution in [3.05, 3.63) is 11.6 Å². The number of halogens is 1. The minimum Gasteiger partial charge on any atom is -1.00 e. The molecule has 0 fully saturated rings. The molecule has 1 heterocycles. The molecule has 4 heteroatoms. The zero-order chi connectivity index (χ0) is 10.3. The Balaban J connectivity index is 0. The Labute approximate surface area is 93.3 Å². The van der Waals surface area contributed by atoms with Gasteiger partial charge in [0, 0.05) is 5.54 Å². The summed E-state index contributed by atoms with van der Waals surface area (Å²) in [6, 6.07) is 0. The molecule has 0 aromatic heterocycles. The number of hydroxylamine groups is 2. The molecule has 1 aliphatic heterocycles. The summed E-state index contributed by atoms with van der Waals surface area (Å²) in [6.07, 6.45) is 2.64. The van der Waals surface area contributed by atoms with E-state index in [0.29, 0.717) is 6.42 Å². The van der Waals surface area contributed by atoms with Gasteiger partial charge in [-0.2, -0.15) is 5.06 Å². The molecule has 0 unspecified atom stereocenters. The second kappa shape index (κ2) is 4.19. The average molecular weight is 222 g/mol. The van der Waals surface area contributed by atoms with Crippen LogP contribution >= 0.6 is 0 Å². The maximum Gasteiger partial charge on any atom is 1.00 e. The predicted octanol–water partition coefficient (Wildman–Crippen LogP) is -1.33. The van der Waals surface area contributed by atoms with Crippen molar-refractivity contribution in [3.63, 3.8) is 0 Å². The van der Waals surface area contributed by atoms with E-state index >= 15 is 0 Å². The van der Waals surface area contributed by atoms with Gasteiger partial charge in [0.2, 0.25) is 0 Å². The number of hydrogen-bond donors (Lipinski definition) is 2. The lowest BCUT2D eigenvalue weighted by atomic mass is 9.83. The lowest BCUT2D eigenvalue weighted by Crippen LogP contribution is -3.00. The maximum absolute atomic E-state index is 9.89. The minimum atomic E-state index is -0.389. The molecule has 3 nitrogen and oxygen atoms in total. The third kappa shape index (κ3) is 2.48. The van der Waals surface area contributed by atoms with Crippen molar-refractivity contribution < 1.29 is 24.1 Å². The van der Waals surface area contributed by atoms with Crippen molar-refractivity contribution in [3.8, 4) is 0 Å². The van der Waals surface area contributed by atoms with Crippen LogP contribution in [0.25, 0.3) is 0 Å². The lowest BCUT2D eigenvalue weighted by molar-refractivity contribution is -0.214. The summed E-state index contributed by atoms with van der Waals surface area (Å²) in [6.45, 7) is 7.89. The smallest absolute Gasteiger partial charge is 1.00 e. The van der Waals surface area contributed by atoms with Gasteiger partial charge in [-0.1, -0.05) is 6.08 Å². The van der Waals surface area contributed by atoms with Gasteiger partial charge < -0.3 is 22.7 Å². The highest BCUT2D eigenvalue weighted by molar-refractivity contribution is 5.20. The Morgan fingerprint density at radius 1 is 1.43 bits per heavy atom. The minimum absolute atomic E-state index is 0. The summed E-state index contributed by atoms with van der Waals surface area (Å²) in [5.41, 5.74) is 0.316. The molecule has 0 spiro atoms. The fourth-order valence-corrected chi connectivity index (χ4v) is 2.12. The molecule has 0 bridgehead atoms. The van der Waals surface area contributed by atoms with E-state index in [1.54, 1.807) is 0 Å². The van der Waals surface area contributed by atoms with E-state index in [1.165, 1.54) is 5.06 Å². The first-order chi connectivity index (χ1) is 5.79. The summed E-state index contributed by atoms with van der Waals surface area (Å²) in [5, 5.41) is 20.3. The van der Waals surface area contributed by atoms with Gasteiger partial charge in [-0.25, -0.2) is 0 Å². The highest BCUT2D eigenvalue weighted by Crippen LogP contribution is 2.35. The van der Waals surface area contributed by atoms with Crippen molar-refractivity contribution in [1.82, 2.24) is 5.06 Å². The summed E-state index contributed by atoms with van der Waals surface area (Å²) < 4.78 is 0. The van der Waals surface area contributed by atoms with Gasteiger partial charge in [-0.05, 0) is 39.7 Å². The van der Waals surface area contributed by atoms with Gasteiger partial charge in [0.15, 0.2) is 0 Å². The van der Waals surface area contributed by atoms with Crippen LogP contribution in [0, 0.1) is 0 Å². The average Bonchev–Trinajstić information content (AvgIpc) is 1.99. The molecule has 0 saturated carbocycles. The second-order valence-corrected chi connectivity index (χ2v) is 4.92. The third-order valence-corrected chi connectivity index (χ3v) is 2.54.